The van der Waals surface area contributed by atoms with Gasteiger partial charge in [-0.3, -0.25) is 9.63 Å². The van der Waals surface area contributed by atoms with Crippen molar-refractivity contribution in [3.63, 3.8) is 0 Å². The van der Waals surface area contributed by atoms with Crippen LogP contribution in [0.2, 0.25) is 0 Å². The highest BCUT2D eigenvalue weighted by Gasteiger charge is 2.28. The maximum atomic E-state index is 12.8. The van der Waals surface area contributed by atoms with Crippen molar-refractivity contribution in [3.05, 3.63) is 58.3 Å². The van der Waals surface area contributed by atoms with E-state index in [2.05, 4.69) is 17.7 Å². The van der Waals surface area contributed by atoms with Crippen molar-refractivity contribution < 1.29 is 14.7 Å². The van der Waals surface area contributed by atoms with E-state index < -0.39 is 6.10 Å². The van der Waals surface area contributed by atoms with Crippen LogP contribution in [0.25, 0.3) is 21.9 Å². The third-order valence-corrected chi connectivity index (χ3v) is 5.19. The third-order valence-electron chi connectivity index (χ3n) is 4.33. The maximum Gasteiger partial charge on any atom is 0.278 e. The van der Waals surface area contributed by atoms with E-state index in [4.69, 9.17) is 4.84 Å². The highest BCUT2D eigenvalue weighted by Crippen LogP contribution is 2.35. The first-order valence-corrected chi connectivity index (χ1v) is 8.77. The Morgan fingerprint density at radius 2 is 1.96 bits per heavy atom. The van der Waals surface area contributed by atoms with Gasteiger partial charge in [0, 0.05) is 5.56 Å². The standard InChI is InChI=1S/C19H17NO3S/c1-12-10-24-11-18(12)16-6-7-17(15-5-3-2-4-14(15)16)19(22)20-8-13(21)9-23-20/h2-7,10-11,13,21H,8-9H2,1H3. The number of aliphatic hydroxyl groups is 1. The lowest BCUT2D eigenvalue weighted by Gasteiger charge is -2.16. The molecule has 1 atom stereocenters. The number of carbonyl (C=O) groups excluding carboxylic acids is 1. The van der Waals surface area contributed by atoms with E-state index in [9.17, 15) is 9.90 Å². The number of fused-ring (bicyclic) bond motifs is 1. The number of amides is 1. The zero-order valence-electron chi connectivity index (χ0n) is 13.2. The predicted octanol–water partition coefficient (Wildman–Crippen LogP) is 3.63. The third kappa shape index (κ3) is 2.51. The fourth-order valence-electron chi connectivity index (χ4n) is 3.11. The quantitative estimate of drug-likeness (QED) is 0.776. The molecule has 0 aliphatic carbocycles. The summed E-state index contributed by atoms with van der Waals surface area (Å²) in [5.74, 6) is -0.212. The van der Waals surface area contributed by atoms with Gasteiger partial charge in [-0.1, -0.05) is 30.3 Å². The molecular formula is C19H17NO3S. The van der Waals surface area contributed by atoms with E-state index in [0.717, 1.165) is 16.3 Å². The molecule has 5 heteroatoms. The van der Waals surface area contributed by atoms with E-state index in [0.29, 0.717) is 5.56 Å². The van der Waals surface area contributed by atoms with Crippen molar-refractivity contribution in [3.8, 4) is 11.1 Å². The summed E-state index contributed by atoms with van der Waals surface area (Å²) in [7, 11) is 0. The number of aryl methyl sites for hydroxylation is 1. The number of carbonyl (C=O) groups is 1. The summed E-state index contributed by atoms with van der Waals surface area (Å²) in [6.45, 7) is 2.47. The van der Waals surface area contributed by atoms with Gasteiger partial charge in [0.1, 0.15) is 12.7 Å². The van der Waals surface area contributed by atoms with Gasteiger partial charge in [-0.05, 0) is 51.2 Å². The number of hydroxylamine groups is 2. The van der Waals surface area contributed by atoms with Crippen molar-refractivity contribution in [2.45, 2.75) is 13.0 Å². The van der Waals surface area contributed by atoms with Crippen molar-refractivity contribution in [2.75, 3.05) is 13.2 Å². The summed E-state index contributed by atoms with van der Waals surface area (Å²) in [5.41, 5.74) is 4.15. The second kappa shape index (κ2) is 6.02. The van der Waals surface area contributed by atoms with Gasteiger partial charge in [0.25, 0.3) is 5.91 Å². The smallest absolute Gasteiger partial charge is 0.278 e. The topological polar surface area (TPSA) is 49.8 Å². The lowest BCUT2D eigenvalue weighted by atomic mass is 9.94. The van der Waals surface area contributed by atoms with Gasteiger partial charge in [0.15, 0.2) is 0 Å². The number of hydrogen-bond acceptors (Lipinski definition) is 4. The van der Waals surface area contributed by atoms with Crippen LogP contribution in [0.4, 0.5) is 0 Å². The lowest BCUT2D eigenvalue weighted by molar-refractivity contribution is -0.0778. The summed E-state index contributed by atoms with van der Waals surface area (Å²) in [6.07, 6.45) is -0.618. The molecule has 1 aliphatic heterocycles. The zero-order valence-corrected chi connectivity index (χ0v) is 14.0. The van der Waals surface area contributed by atoms with Crippen molar-refractivity contribution >= 4 is 28.0 Å². The van der Waals surface area contributed by atoms with Gasteiger partial charge in [-0.2, -0.15) is 11.3 Å². The highest BCUT2D eigenvalue weighted by atomic mass is 32.1. The highest BCUT2D eigenvalue weighted by molar-refractivity contribution is 7.08. The number of β-amino-alcohol motifs (C(OH)–C–C–N with tert-alkyl or cyclic N) is 1. The summed E-state index contributed by atoms with van der Waals surface area (Å²) >= 11 is 1.68. The van der Waals surface area contributed by atoms with Gasteiger partial charge in [-0.15, -0.1) is 0 Å². The Hall–Kier alpha value is -2.21. The molecule has 122 valence electrons. The van der Waals surface area contributed by atoms with E-state index in [-0.39, 0.29) is 19.1 Å². The molecule has 0 spiro atoms. The number of benzene rings is 2. The van der Waals surface area contributed by atoms with Gasteiger partial charge in [0.05, 0.1) is 6.54 Å². The molecule has 1 aliphatic rings. The number of aliphatic hydroxyl groups excluding tert-OH is 1. The van der Waals surface area contributed by atoms with E-state index >= 15 is 0 Å². The zero-order chi connectivity index (χ0) is 16.7. The van der Waals surface area contributed by atoms with Crippen LogP contribution in [0.1, 0.15) is 15.9 Å². The molecule has 0 radical (unpaired) electrons. The Balaban J connectivity index is 1.85. The molecule has 1 unspecified atom stereocenters. The first-order chi connectivity index (χ1) is 11.6. The Labute approximate surface area is 143 Å². The van der Waals surface area contributed by atoms with Gasteiger partial charge >= 0.3 is 0 Å². The van der Waals surface area contributed by atoms with Crippen LogP contribution in [0.5, 0.6) is 0 Å². The van der Waals surface area contributed by atoms with Crippen LogP contribution in [0.3, 0.4) is 0 Å². The Kier molecular flexibility index (Phi) is 3.84. The molecular weight excluding hydrogens is 322 g/mol. The molecule has 2 aromatic carbocycles. The number of nitrogens with zero attached hydrogens (tertiary/aromatic N) is 1. The minimum Gasteiger partial charge on any atom is -0.389 e. The average Bonchev–Trinajstić information content (AvgIpc) is 3.22. The van der Waals surface area contributed by atoms with Crippen LogP contribution in [0.15, 0.2) is 47.2 Å². The maximum absolute atomic E-state index is 12.8. The largest absolute Gasteiger partial charge is 0.389 e. The summed E-state index contributed by atoms with van der Waals surface area (Å²) < 4.78 is 0. The Bertz CT molecular complexity index is 918. The van der Waals surface area contributed by atoms with E-state index in [1.165, 1.54) is 16.2 Å². The number of thiophene rings is 1. The molecule has 1 N–H and O–H groups in total. The monoisotopic (exact) mass is 339 g/mol. The number of hydrogen-bond donors (Lipinski definition) is 1. The summed E-state index contributed by atoms with van der Waals surface area (Å²) in [5, 5.41) is 17.1. The van der Waals surface area contributed by atoms with E-state index in [1.807, 2.05) is 36.4 Å². The average molecular weight is 339 g/mol. The molecule has 2 heterocycles. The number of rotatable bonds is 2. The molecule has 1 saturated heterocycles. The minimum atomic E-state index is -0.618. The van der Waals surface area contributed by atoms with Crippen LogP contribution < -0.4 is 0 Å². The fraction of sp³-hybridized carbons (Fsp3) is 0.211. The fourth-order valence-corrected chi connectivity index (χ4v) is 3.95. The minimum absolute atomic E-state index is 0.163. The molecule has 1 aromatic heterocycles. The van der Waals surface area contributed by atoms with Crippen LogP contribution in [-0.4, -0.2) is 35.3 Å². The van der Waals surface area contributed by atoms with Gasteiger partial charge < -0.3 is 5.11 Å². The SMILES string of the molecule is Cc1cscc1-c1ccc(C(=O)N2CC(O)CO2)c2ccccc12. The van der Waals surface area contributed by atoms with Gasteiger partial charge in [0.2, 0.25) is 0 Å². The van der Waals surface area contributed by atoms with Crippen molar-refractivity contribution in [1.82, 2.24) is 5.06 Å². The summed E-state index contributed by atoms with van der Waals surface area (Å²) in [4.78, 5) is 18.1. The van der Waals surface area contributed by atoms with E-state index in [1.54, 1.807) is 11.3 Å². The van der Waals surface area contributed by atoms with Crippen LogP contribution >= 0.6 is 11.3 Å². The lowest BCUT2D eigenvalue weighted by Crippen LogP contribution is -2.28. The Morgan fingerprint density at radius 3 is 2.62 bits per heavy atom. The summed E-state index contributed by atoms with van der Waals surface area (Å²) in [6, 6.07) is 11.8. The Morgan fingerprint density at radius 1 is 1.17 bits per heavy atom. The predicted molar refractivity (Wildman–Crippen MR) is 95.0 cm³/mol. The molecule has 0 bridgehead atoms. The van der Waals surface area contributed by atoms with Crippen molar-refractivity contribution in [1.29, 1.82) is 0 Å². The normalized spacial score (nSPS) is 17.6. The molecule has 4 nitrogen and oxygen atoms in total. The second-order valence-corrected chi connectivity index (χ2v) is 6.73. The molecule has 1 fully saturated rings. The van der Waals surface area contributed by atoms with Crippen LogP contribution in [0, 0.1) is 6.92 Å². The van der Waals surface area contributed by atoms with Crippen LogP contribution in [-0.2, 0) is 4.84 Å². The molecule has 3 aromatic rings. The molecule has 24 heavy (non-hydrogen) atoms. The molecule has 0 saturated carbocycles. The van der Waals surface area contributed by atoms with Crippen molar-refractivity contribution in [2.24, 2.45) is 0 Å². The first-order valence-electron chi connectivity index (χ1n) is 7.83. The molecule has 4 rings (SSSR count). The second-order valence-electron chi connectivity index (χ2n) is 5.99. The first kappa shape index (κ1) is 15.3. The van der Waals surface area contributed by atoms with Gasteiger partial charge in [-0.25, -0.2) is 5.06 Å². The molecule has 1 amide bonds.